The van der Waals surface area contributed by atoms with E-state index in [-0.39, 0.29) is 23.7 Å². The number of phenolic OH excluding ortho intramolecular Hbond substituents is 1. The van der Waals surface area contributed by atoms with E-state index in [2.05, 4.69) is 58.5 Å². The Hall–Kier alpha value is -3.90. The van der Waals surface area contributed by atoms with Crippen molar-refractivity contribution in [1.29, 1.82) is 0 Å². The van der Waals surface area contributed by atoms with Crippen molar-refractivity contribution in [3.63, 3.8) is 0 Å². The number of ether oxygens (including phenoxy) is 1. The highest BCUT2D eigenvalue weighted by atomic mass is 32.1. The van der Waals surface area contributed by atoms with Gasteiger partial charge in [-0.1, -0.05) is 32.0 Å². The number of piperazine rings is 1. The van der Waals surface area contributed by atoms with Gasteiger partial charge in [0, 0.05) is 72.8 Å². The molecule has 2 aliphatic rings. The van der Waals surface area contributed by atoms with Crippen LogP contribution in [0.3, 0.4) is 0 Å². The van der Waals surface area contributed by atoms with Gasteiger partial charge in [-0.3, -0.25) is 9.69 Å². The molecule has 1 saturated heterocycles. The number of rotatable bonds is 11. The van der Waals surface area contributed by atoms with Gasteiger partial charge < -0.3 is 25.8 Å². The maximum Gasteiger partial charge on any atom is 0.270 e. The summed E-state index contributed by atoms with van der Waals surface area (Å²) in [6.07, 6.45) is 4.67. The second-order valence-corrected chi connectivity index (χ2v) is 14.8. The average Bonchev–Trinajstić information content (AvgIpc) is 3.58. The van der Waals surface area contributed by atoms with E-state index in [1.165, 1.54) is 23.6 Å². The van der Waals surface area contributed by atoms with Crippen LogP contribution in [0.2, 0.25) is 0 Å². The third-order valence-electron chi connectivity index (χ3n) is 9.27. The van der Waals surface area contributed by atoms with E-state index in [4.69, 9.17) is 4.74 Å². The Kier molecular flexibility index (Phi) is 11.2. The van der Waals surface area contributed by atoms with Crippen molar-refractivity contribution in [2.24, 2.45) is 0 Å². The van der Waals surface area contributed by atoms with Crippen LogP contribution in [-0.2, 0) is 13.1 Å². The molecule has 4 aromatic rings. The summed E-state index contributed by atoms with van der Waals surface area (Å²) in [6, 6.07) is 16.0. The van der Waals surface area contributed by atoms with Gasteiger partial charge in [-0.25, -0.2) is 14.4 Å². The molecule has 0 unspecified atom stereocenters. The molecule has 3 heterocycles. The molecule has 1 aliphatic carbocycles. The summed E-state index contributed by atoms with van der Waals surface area (Å²) in [5.74, 6) is 1.01. The van der Waals surface area contributed by atoms with E-state index < -0.39 is 5.82 Å². The zero-order valence-electron chi connectivity index (χ0n) is 28.7. The van der Waals surface area contributed by atoms with Crippen LogP contribution in [0.4, 0.5) is 4.39 Å². The number of phenols is 1. The molecule has 0 bridgehead atoms. The minimum Gasteiger partial charge on any atom is -0.508 e. The molecule has 2 atom stereocenters. The number of pyridine rings is 1. The maximum atomic E-state index is 14.4. The number of aromatic hydroxyl groups is 1. The third-order valence-corrected chi connectivity index (χ3v) is 10.4. The van der Waals surface area contributed by atoms with Crippen LogP contribution in [0.25, 0.3) is 11.1 Å². The van der Waals surface area contributed by atoms with Gasteiger partial charge in [0.25, 0.3) is 5.91 Å². The van der Waals surface area contributed by atoms with Gasteiger partial charge in [-0.05, 0) is 81.0 Å². The number of amides is 1. The normalized spacial score (nSPS) is 21.5. The van der Waals surface area contributed by atoms with E-state index >= 15 is 0 Å². The van der Waals surface area contributed by atoms with Crippen LogP contribution < -0.4 is 20.7 Å². The van der Waals surface area contributed by atoms with E-state index in [1.54, 1.807) is 6.07 Å². The highest BCUT2D eigenvalue weighted by molar-refractivity contribution is 7.09. The van der Waals surface area contributed by atoms with Crippen LogP contribution in [0, 0.1) is 5.82 Å². The number of hydrogen-bond donors (Lipinski definition) is 4. The lowest BCUT2D eigenvalue weighted by atomic mass is 9.91. The molecule has 6 rings (SSSR count). The second-order valence-electron chi connectivity index (χ2n) is 13.9. The molecule has 1 saturated carbocycles. The SMILES string of the molecule is CC(C)c1nc(C(=O)N[C@H]2CC[C@H](NCc3cc(F)cnc3Oc3cccc(-c4ccc(O)c(CN5C[C@@H](C)N[C@@H](C)C5)c4)c3)CC2)cs1. The van der Waals surface area contributed by atoms with E-state index in [1.807, 2.05) is 41.8 Å². The molecule has 9 nitrogen and oxygen atoms in total. The largest absolute Gasteiger partial charge is 0.508 e. The molecular weight excluding hydrogens is 640 g/mol. The number of hydrogen-bond acceptors (Lipinski definition) is 9. The van der Waals surface area contributed by atoms with Gasteiger partial charge in [0.1, 0.15) is 23.0 Å². The van der Waals surface area contributed by atoms with E-state index in [9.17, 15) is 14.3 Å². The highest BCUT2D eigenvalue weighted by Crippen LogP contribution is 2.32. The molecular formula is C38H47FN6O3S. The van der Waals surface area contributed by atoms with Crippen molar-refractivity contribution in [2.45, 2.75) is 96.6 Å². The second kappa shape index (κ2) is 15.8. The molecule has 49 heavy (non-hydrogen) atoms. The molecule has 0 spiro atoms. The number of nitrogens with one attached hydrogen (secondary N) is 3. The Labute approximate surface area is 292 Å². The lowest BCUT2D eigenvalue weighted by molar-refractivity contribution is 0.0919. The fourth-order valence-corrected chi connectivity index (χ4v) is 7.67. The minimum atomic E-state index is -0.420. The summed E-state index contributed by atoms with van der Waals surface area (Å²) in [7, 11) is 0. The Balaban J connectivity index is 1.06. The standard InChI is InChI=1S/C38H47FN6O3S/c1-23(2)38-44-34(22-49-38)36(47)43-32-11-9-31(10-12-32)40-17-28-15-30(39)18-41-37(28)48-33-7-5-6-26(16-33)27-8-13-35(46)29(14-27)21-45-19-24(3)42-25(4)20-45/h5-8,13-16,18,22-25,31-32,40,42,46H,9-12,17,19-21H2,1-4H3,(H,43,47)/t24-,25+,31-,32-. The molecule has 2 fully saturated rings. The Morgan fingerprint density at radius 2 is 1.78 bits per heavy atom. The summed E-state index contributed by atoms with van der Waals surface area (Å²) in [6.45, 7) is 11.4. The third kappa shape index (κ3) is 9.21. The number of thiazole rings is 1. The van der Waals surface area contributed by atoms with Crippen molar-refractivity contribution in [3.8, 4) is 28.5 Å². The number of halogens is 1. The minimum absolute atomic E-state index is 0.107. The van der Waals surface area contributed by atoms with E-state index in [0.29, 0.717) is 54.0 Å². The van der Waals surface area contributed by atoms with Gasteiger partial charge >= 0.3 is 0 Å². The zero-order chi connectivity index (χ0) is 34.5. The van der Waals surface area contributed by atoms with Gasteiger partial charge in [0.05, 0.1) is 11.2 Å². The van der Waals surface area contributed by atoms with Crippen molar-refractivity contribution in [1.82, 2.24) is 30.8 Å². The zero-order valence-corrected chi connectivity index (χ0v) is 29.5. The lowest BCUT2D eigenvalue weighted by Gasteiger charge is -2.36. The summed E-state index contributed by atoms with van der Waals surface area (Å²) < 4.78 is 20.6. The smallest absolute Gasteiger partial charge is 0.270 e. The molecule has 1 amide bonds. The number of aromatic nitrogens is 2. The van der Waals surface area contributed by atoms with Gasteiger partial charge in [-0.2, -0.15) is 0 Å². The van der Waals surface area contributed by atoms with Crippen LogP contribution in [0.15, 0.2) is 60.1 Å². The molecule has 2 aromatic heterocycles. The van der Waals surface area contributed by atoms with Crippen LogP contribution in [-0.4, -0.2) is 63.1 Å². The predicted molar refractivity (Wildman–Crippen MR) is 192 cm³/mol. The van der Waals surface area contributed by atoms with Crippen LogP contribution in [0.1, 0.15) is 85.9 Å². The van der Waals surface area contributed by atoms with E-state index in [0.717, 1.165) is 60.5 Å². The summed E-state index contributed by atoms with van der Waals surface area (Å²) in [5.41, 5.74) is 3.93. The monoisotopic (exact) mass is 686 g/mol. The quantitative estimate of drug-likeness (QED) is 0.134. The molecule has 2 aromatic carbocycles. The van der Waals surface area contributed by atoms with Gasteiger partial charge in [0.2, 0.25) is 5.88 Å². The number of carbonyl (C=O) groups excluding carboxylic acids is 1. The Bertz CT molecular complexity index is 1730. The van der Waals surface area contributed by atoms with Crippen LogP contribution in [0.5, 0.6) is 17.4 Å². The lowest BCUT2D eigenvalue weighted by Crippen LogP contribution is -2.53. The first-order chi connectivity index (χ1) is 23.6. The molecule has 11 heteroatoms. The van der Waals surface area contributed by atoms with Crippen molar-refractivity contribution < 1.29 is 19.0 Å². The van der Waals surface area contributed by atoms with Crippen molar-refractivity contribution in [2.75, 3.05) is 13.1 Å². The summed E-state index contributed by atoms with van der Waals surface area (Å²) >= 11 is 1.53. The average molecular weight is 687 g/mol. The summed E-state index contributed by atoms with van der Waals surface area (Å²) in [5, 5.41) is 23.7. The first-order valence-electron chi connectivity index (χ1n) is 17.3. The Morgan fingerprint density at radius 1 is 1.04 bits per heavy atom. The molecule has 1 aliphatic heterocycles. The van der Waals surface area contributed by atoms with Crippen LogP contribution >= 0.6 is 11.3 Å². The molecule has 4 N–H and O–H groups in total. The summed E-state index contributed by atoms with van der Waals surface area (Å²) in [4.78, 5) is 23.9. The molecule has 260 valence electrons. The number of benzene rings is 2. The number of carbonyl (C=O) groups is 1. The maximum absolute atomic E-state index is 14.4. The highest BCUT2D eigenvalue weighted by Gasteiger charge is 2.25. The first kappa shape index (κ1) is 34.9. The molecule has 0 radical (unpaired) electrons. The van der Waals surface area contributed by atoms with Gasteiger partial charge in [-0.15, -0.1) is 11.3 Å². The first-order valence-corrected chi connectivity index (χ1v) is 18.2. The predicted octanol–water partition coefficient (Wildman–Crippen LogP) is 6.98. The number of nitrogens with zero attached hydrogens (tertiary/aromatic N) is 3. The fraction of sp³-hybridized carbons (Fsp3) is 0.447. The van der Waals surface area contributed by atoms with Gasteiger partial charge in [0.15, 0.2) is 0 Å². The van der Waals surface area contributed by atoms with Crippen molar-refractivity contribution >= 4 is 17.2 Å². The topological polar surface area (TPSA) is 112 Å². The fourth-order valence-electron chi connectivity index (χ4n) is 6.85. The Morgan fingerprint density at radius 3 is 2.51 bits per heavy atom. The van der Waals surface area contributed by atoms with Crippen molar-refractivity contribution in [3.05, 3.63) is 87.8 Å².